The molecule has 5 heteroatoms. The molecule has 0 fully saturated rings. The topological polar surface area (TPSA) is 61.2 Å². The van der Waals surface area contributed by atoms with Crippen LogP contribution in [0.3, 0.4) is 0 Å². The van der Waals surface area contributed by atoms with Crippen LogP contribution in [-0.2, 0) is 16.1 Å². The zero-order valence-electron chi connectivity index (χ0n) is 11.9. The lowest BCUT2D eigenvalue weighted by molar-refractivity contribution is -0.147. The molecule has 1 heterocycles. The van der Waals surface area contributed by atoms with Crippen LogP contribution in [-0.4, -0.2) is 21.6 Å². The molecule has 2 aromatic rings. The van der Waals surface area contributed by atoms with Gasteiger partial charge < -0.3 is 4.74 Å². The van der Waals surface area contributed by atoms with E-state index >= 15 is 0 Å². The molecule has 0 aliphatic heterocycles. The van der Waals surface area contributed by atoms with Crippen molar-refractivity contribution in [3.63, 3.8) is 0 Å². The molecular weight excluding hydrogens is 256 g/mol. The van der Waals surface area contributed by atoms with Crippen LogP contribution >= 0.6 is 0 Å². The van der Waals surface area contributed by atoms with Crippen LogP contribution in [0.5, 0.6) is 0 Å². The summed E-state index contributed by atoms with van der Waals surface area (Å²) in [6.45, 7) is 5.79. The molecule has 0 saturated heterocycles. The number of hydrogen-bond acceptors (Lipinski definition) is 4. The summed E-state index contributed by atoms with van der Waals surface area (Å²) in [6.07, 6.45) is 1.51. The normalized spacial score (nSPS) is 11.0. The van der Waals surface area contributed by atoms with Crippen LogP contribution < -0.4 is 5.56 Å². The van der Waals surface area contributed by atoms with Gasteiger partial charge >= 0.3 is 5.97 Å². The third-order valence-electron chi connectivity index (χ3n) is 2.98. The zero-order chi connectivity index (χ0) is 14.7. The highest BCUT2D eigenvalue weighted by Gasteiger charge is 2.09. The number of nitrogens with zero attached hydrogens (tertiary/aromatic N) is 2. The number of aromatic nitrogens is 2. The molecule has 0 saturated carbocycles. The molecule has 0 N–H and O–H groups in total. The Labute approximate surface area is 117 Å². The second kappa shape index (κ2) is 5.86. The van der Waals surface area contributed by atoms with Crippen molar-refractivity contribution in [2.45, 2.75) is 39.8 Å². The maximum Gasteiger partial charge on any atom is 0.307 e. The van der Waals surface area contributed by atoms with Crippen molar-refractivity contribution >= 4 is 16.9 Å². The van der Waals surface area contributed by atoms with Gasteiger partial charge in [-0.2, -0.15) is 0 Å². The third-order valence-corrected chi connectivity index (χ3v) is 2.98. The van der Waals surface area contributed by atoms with Crippen molar-refractivity contribution < 1.29 is 9.53 Å². The minimum absolute atomic E-state index is 0.129. The molecule has 1 aromatic heterocycles. The second-order valence-electron chi connectivity index (χ2n) is 5.00. The van der Waals surface area contributed by atoms with E-state index < -0.39 is 0 Å². The van der Waals surface area contributed by atoms with Gasteiger partial charge in [-0.3, -0.25) is 14.2 Å². The van der Waals surface area contributed by atoms with E-state index in [1.807, 2.05) is 19.1 Å². The van der Waals surface area contributed by atoms with E-state index in [2.05, 4.69) is 4.98 Å². The molecule has 0 bridgehead atoms. The molecule has 5 nitrogen and oxygen atoms in total. The van der Waals surface area contributed by atoms with E-state index in [0.717, 1.165) is 5.56 Å². The number of aryl methyl sites for hydroxylation is 2. The lowest BCUT2D eigenvalue weighted by Crippen LogP contribution is -2.23. The first-order chi connectivity index (χ1) is 9.49. The number of carbonyl (C=O) groups excluding carboxylic acids is 1. The molecule has 0 unspecified atom stereocenters. The van der Waals surface area contributed by atoms with Crippen molar-refractivity contribution in [3.05, 3.63) is 40.4 Å². The summed E-state index contributed by atoms with van der Waals surface area (Å²) in [5, 5.41) is 0.574. The predicted octanol–water partition coefficient (Wildman–Crippen LogP) is 2.05. The molecule has 1 aromatic carbocycles. The smallest absolute Gasteiger partial charge is 0.307 e. The Morgan fingerprint density at radius 2 is 2.15 bits per heavy atom. The summed E-state index contributed by atoms with van der Waals surface area (Å²) in [7, 11) is 0. The van der Waals surface area contributed by atoms with Crippen LogP contribution in [0.25, 0.3) is 10.9 Å². The van der Waals surface area contributed by atoms with Gasteiger partial charge in [-0.25, -0.2) is 4.98 Å². The van der Waals surface area contributed by atoms with Crippen molar-refractivity contribution in [1.82, 2.24) is 9.55 Å². The number of hydrogen-bond donors (Lipinski definition) is 0. The van der Waals surface area contributed by atoms with Crippen LogP contribution in [0.2, 0.25) is 0 Å². The fourth-order valence-corrected chi connectivity index (χ4v) is 2.03. The van der Waals surface area contributed by atoms with Gasteiger partial charge in [0.1, 0.15) is 0 Å². The highest BCUT2D eigenvalue weighted by molar-refractivity contribution is 5.80. The molecule has 0 amide bonds. The lowest BCUT2D eigenvalue weighted by atomic mass is 10.1. The van der Waals surface area contributed by atoms with Gasteiger partial charge in [-0.05, 0) is 32.4 Å². The third kappa shape index (κ3) is 3.04. The van der Waals surface area contributed by atoms with Crippen molar-refractivity contribution in [2.75, 3.05) is 0 Å². The molecule has 2 rings (SSSR count). The van der Waals surface area contributed by atoms with Gasteiger partial charge in [0.25, 0.3) is 5.56 Å². The lowest BCUT2D eigenvalue weighted by Gasteiger charge is -2.09. The van der Waals surface area contributed by atoms with E-state index in [4.69, 9.17) is 4.74 Å². The Kier molecular flexibility index (Phi) is 4.17. The summed E-state index contributed by atoms with van der Waals surface area (Å²) in [5.41, 5.74) is 1.54. The zero-order valence-corrected chi connectivity index (χ0v) is 11.9. The fraction of sp³-hybridized carbons (Fsp3) is 0.400. The first-order valence-corrected chi connectivity index (χ1v) is 6.63. The Hall–Kier alpha value is -2.17. The van der Waals surface area contributed by atoms with E-state index in [0.29, 0.717) is 10.9 Å². The maximum absolute atomic E-state index is 12.3. The van der Waals surface area contributed by atoms with E-state index in [9.17, 15) is 9.59 Å². The molecule has 0 spiro atoms. The number of esters is 1. The standard InChI is InChI=1S/C15H18N2O3/c1-10(2)20-13(18)7-8-17-9-16-14-11(3)5-4-6-12(14)15(17)19/h4-6,9-10H,7-8H2,1-3H3. The van der Waals surface area contributed by atoms with Crippen LogP contribution in [0.1, 0.15) is 25.8 Å². The molecule has 0 aliphatic carbocycles. The average molecular weight is 274 g/mol. The minimum Gasteiger partial charge on any atom is -0.463 e. The number of fused-ring (bicyclic) bond motifs is 1. The van der Waals surface area contributed by atoms with E-state index in [-0.39, 0.29) is 30.6 Å². The minimum atomic E-state index is -0.309. The highest BCUT2D eigenvalue weighted by Crippen LogP contribution is 2.11. The SMILES string of the molecule is Cc1cccc2c(=O)n(CCC(=O)OC(C)C)cnc12. The molecule has 0 radical (unpaired) electrons. The van der Waals surface area contributed by atoms with Crippen molar-refractivity contribution in [3.8, 4) is 0 Å². The van der Waals surface area contributed by atoms with Crippen LogP contribution in [0.4, 0.5) is 0 Å². The molecule has 106 valence electrons. The van der Waals surface area contributed by atoms with Crippen LogP contribution in [0.15, 0.2) is 29.3 Å². The quantitative estimate of drug-likeness (QED) is 0.800. The molecule has 0 atom stereocenters. The Balaban J connectivity index is 2.22. The predicted molar refractivity (Wildman–Crippen MR) is 76.6 cm³/mol. The maximum atomic E-state index is 12.3. The number of benzene rings is 1. The summed E-state index contributed by atoms with van der Waals surface area (Å²) in [6, 6.07) is 5.50. The fourth-order valence-electron chi connectivity index (χ4n) is 2.03. The van der Waals surface area contributed by atoms with Gasteiger partial charge in [0.15, 0.2) is 0 Å². The molecular formula is C15H18N2O3. The number of ether oxygens (including phenoxy) is 1. The highest BCUT2D eigenvalue weighted by atomic mass is 16.5. The number of carbonyl (C=O) groups is 1. The van der Waals surface area contributed by atoms with Gasteiger partial charge in [0.05, 0.1) is 29.8 Å². The summed E-state index contributed by atoms with van der Waals surface area (Å²) >= 11 is 0. The molecule has 0 aliphatic rings. The first kappa shape index (κ1) is 14.2. The van der Waals surface area contributed by atoms with Gasteiger partial charge in [0, 0.05) is 6.54 Å². The largest absolute Gasteiger partial charge is 0.463 e. The average Bonchev–Trinajstić information content (AvgIpc) is 2.38. The summed E-state index contributed by atoms with van der Waals surface area (Å²) < 4.78 is 6.49. The van der Waals surface area contributed by atoms with Gasteiger partial charge in [-0.1, -0.05) is 12.1 Å². The Morgan fingerprint density at radius 3 is 2.85 bits per heavy atom. The summed E-state index contributed by atoms with van der Waals surface area (Å²) in [4.78, 5) is 28.1. The van der Waals surface area contributed by atoms with Gasteiger partial charge in [-0.15, -0.1) is 0 Å². The summed E-state index contributed by atoms with van der Waals surface area (Å²) in [5.74, 6) is -0.309. The molecule has 20 heavy (non-hydrogen) atoms. The Bertz CT molecular complexity index is 689. The first-order valence-electron chi connectivity index (χ1n) is 6.63. The van der Waals surface area contributed by atoms with Crippen molar-refractivity contribution in [1.29, 1.82) is 0 Å². The number of para-hydroxylation sites is 1. The Morgan fingerprint density at radius 1 is 1.40 bits per heavy atom. The van der Waals surface area contributed by atoms with E-state index in [1.54, 1.807) is 19.9 Å². The number of rotatable bonds is 4. The van der Waals surface area contributed by atoms with Gasteiger partial charge in [0.2, 0.25) is 0 Å². The van der Waals surface area contributed by atoms with Crippen LogP contribution in [0, 0.1) is 6.92 Å². The monoisotopic (exact) mass is 274 g/mol. The van der Waals surface area contributed by atoms with Crippen molar-refractivity contribution in [2.24, 2.45) is 0 Å². The van der Waals surface area contributed by atoms with E-state index in [1.165, 1.54) is 10.9 Å². The second-order valence-corrected chi connectivity index (χ2v) is 5.00.